The number of anilines is 1. The lowest BCUT2D eigenvalue weighted by Gasteiger charge is -2.16. The number of halogens is 1. The Morgan fingerprint density at radius 3 is 2.39 bits per heavy atom. The first-order chi connectivity index (χ1) is 15.7. The Bertz CT molecular complexity index is 1220. The number of rotatable bonds is 10. The van der Waals surface area contributed by atoms with Gasteiger partial charge >= 0.3 is 0 Å². The summed E-state index contributed by atoms with van der Waals surface area (Å²) in [7, 11) is -3.98. The Kier molecular flexibility index (Phi) is 8.25. The third kappa shape index (κ3) is 6.41. The molecule has 0 bridgehead atoms. The van der Waals surface area contributed by atoms with Gasteiger partial charge in [0.1, 0.15) is 0 Å². The van der Waals surface area contributed by atoms with Crippen molar-refractivity contribution in [3.8, 4) is 11.5 Å². The van der Waals surface area contributed by atoms with Gasteiger partial charge in [0, 0.05) is 16.6 Å². The molecular weight excluding hydrogens is 488 g/mol. The van der Waals surface area contributed by atoms with Gasteiger partial charge in [0.15, 0.2) is 11.5 Å². The summed E-state index contributed by atoms with van der Waals surface area (Å²) in [5, 5.41) is 10.6. The van der Waals surface area contributed by atoms with Gasteiger partial charge in [0.05, 0.1) is 13.2 Å². The summed E-state index contributed by atoms with van der Waals surface area (Å²) >= 11 is 6.57. The van der Waals surface area contributed by atoms with Crippen LogP contribution < -0.4 is 19.5 Å². The van der Waals surface area contributed by atoms with E-state index in [2.05, 4.69) is 20.2 Å². The van der Waals surface area contributed by atoms with E-state index in [1.807, 2.05) is 13.8 Å². The highest BCUT2D eigenvalue weighted by molar-refractivity contribution is 7.91. The molecule has 3 aromatic rings. The van der Waals surface area contributed by atoms with Crippen molar-refractivity contribution in [1.29, 1.82) is 0 Å². The molecule has 3 rings (SSSR count). The Hall–Kier alpha value is -2.73. The second kappa shape index (κ2) is 10.9. The van der Waals surface area contributed by atoms with Crippen LogP contribution >= 0.6 is 22.9 Å². The van der Waals surface area contributed by atoms with Gasteiger partial charge in [0.25, 0.3) is 15.9 Å². The highest BCUT2D eigenvalue weighted by atomic mass is 35.5. The smallest absolute Gasteiger partial charge is 0.270 e. The van der Waals surface area contributed by atoms with Crippen molar-refractivity contribution < 1.29 is 22.7 Å². The zero-order valence-electron chi connectivity index (χ0n) is 18.2. The maximum atomic E-state index is 12.8. The van der Waals surface area contributed by atoms with E-state index in [1.54, 1.807) is 49.4 Å². The molecule has 0 spiro atoms. The van der Waals surface area contributed by atoms with Gasteiger partial charge in [-0.15, -0.1) is 10.2 Å². The molecule has 0 fully saturated rings. The number of nitrogens with zero attached hydrogens (tertiary/aromatic N) is 2. The van der Waals surface area contributed by atoms with Gasteiger partial charge in [-0.2, -0.15) is 0 Å². The Labute approximate surface area is 201 Å². The molecule has 33 heavy (non-hydrogen) atoms. The largest absolute Gasteiger partial charge is 0.490 e. The van der Waals surface area contributed by atoms with Crippen LogP contribution in [0.15, 0.2) is 46.8 Å². The minimum Gasteiger partial charge on any atom is -0.490 e. The molecule has 2 N–H and O–H groups in total. The summed E-state index contributed by atoms with van der Waals surface area (Å²) in [6, 6.07) is 10.9. The molecule has 9 nitrogen and oxygen atoms in total. The topological polar surface area (TPSA) is 120 Å². The fraction of sp³-hybridized carbons (Fsp3) is 0.286. The van der Waals surface area contributed by atoms with E-state index in [-0.39, 0.29) is 9.47 Å². The molecule has 0 unspecified atom stereocenters. The number of carbonyl (C=O) groups excluding carboxylic acids is 1. The van der Waals surface area contributed by atoms with Crippen molar-refractivity contribution in [2.24, 2.45) is 0 Å². The number of sulfonamides is 1. The number of hydrogen-bond donors (Lipinski definition) is 2. The Morgan fingerprint density at radius 1 is 1.06 bits per heavy atom. The number of amides is 1. The maximum Gasteiger partial charge on any atom is 0.270 e. The van der Waals surface area contributed by atoms with Crippen molar-refractivity contribution in [2.45, 2.75) is 31.2 Å². The molecule has 0 aliphatic rings. The lowest BCUT2D eigenvalue weighted by Crippen LogP contribution is -2.26. The molecule has 2 aromatic carbocycles. The average molecular weight is 511 g/mol. The summed E-state index contributed by atoms with van der Waals surface area (Å²) in [5.74, 6) is 0.667. The van der Waals surface area contributed by atoms with Crippen LogP contribution in [0.3, 0.4) is 0 Å². The number of benzene rings is 2. The SMILES string of the molecule is CCOc1ccc([C@@H](C)NS(=O)(=O)c2nnc(NC(=O)c3ccc(Cl)cc3)s2)cc1OCC. The van der Waals surface area contributed by atoms with Gasteiger partial charge in [-0.05, 0) is 62.7 Å². The van der Waals surface area contributed by atoms with Gasteiger partial charge in [-0.25, -0.2) is 13.1 Å². The Balaban J connectivity index is 1.71. The van der Waals surface area contributed by atoms with Gasteiger partial charge in [-0.1, -0.05) is 29.0 Å². The van der Waals surface area contributed by atoms with Crippen molar-refractivity contribution >= 4 is 44.0 Å². The van der Waals surface area contributed by atoms with Crippen molar-refractivity contribution in [1.82, 2.24) is 14.9 Å². The van der Waals surface area contributed by atoms with Crippen LogP contribution in [-0.2, 0) is 10.0 Å². The van der Waals surface area contributed by atoms with Crippen LogP contribution in [0, 0.1) is 0 Å². The predicted octanol–water partition coefficient (Wildman–Crippen LogP) is 4.28. The van der Waals surface area contributed by atoms with Crippen molar-refractivity contribution in [3.63, 3.8) is 0 Å². The molecule has 12 heteroatoms. The lowest BCUT2D eigenvalue weighted by atomic mass is 10.1. The highest BCUT2D eigenvalue weighted by Gasteiger charge is 2.24. The Morgan fingerprint density at radius 2 is 1.73 bits per heavy atom. The van der Waals surface area contributed by atoms with Crippen LogP contribution in [0.1, 0.15) is 42.7 Å². The molecule has 1 amide bonds. The zero-order valence-corrected chi connectivity index (χ0v) is 20.6. The molecule has 0 aliphatic carbocycles. The summed E-state index contributed by atoms with van der Waals surface area (Å²) in [5.41, 5.74) is 1.04. The van der Waals surface area contributed by atoms with E-state index in [0.717, 1.165) is 11.3 Å². The second-order valence-electron chi connectivity index (χ2n) is 6.75. The van der Waals surface area contributed by atoms with Crippen molar-refractivity contribution in [2.75, 3.05) is 18.5 Å². The molecule has 1 heterocycles. The normalized spacial score (nSPS) is 12.2. The summed E-state index contributed by atoms with van der Waals surface area (Å²) in [6.45, 7) is 6.35. The second-order valence-corrected chi connectivity index (χ2v) is 10.1. The van der Waals surface area contributed by atoms with E-state index in [1.165, 1.54) is 0 Å². The van der Waals surface area contributed by atoms with Crippen LogP contribution in [0.4, 0.5) is 5.13 Å². The summed E-state index contributed by atoms with van der Waals surface area (Å²) in [6.07, 6.45) is 0. The first-order valence-electron chi connectivity index (χ1n) is 10.1. The maximum absolute atomic E-state index is 12.8. The van der Waals surface area contributed by atoms with E-state index >= 15 is 0 Å². The molecule has 1 atom stereocenters. The van der Waals surface area contributed by atoms with Crippen molar-refractivity contribution in [3.05, 3.63) is 58.6 Å². The monoisotopic (exact) mass is 510 g/mol. The van der Waals surface area contributed by atoms with E-state index < -0.39 is 22.0 Å². The number of ether oxygens (including phenoxy) is 2. The molecule has 176 valence electrons. The standard InChI is InChI=1S/C21H23ClN4O5S2/c1-4-30-17-11-8-15(12-18(17)31-5-2)13(3)26-33(28,29)21-25-24-20(32-21)23-19(27)14-6-9-16(22)10-7-14/h6-13,26H,4-5H2,1-3H3,(H,23,24,27)/t13-/m1/s1. The molecule has 0 radical (unpaired) electrons. The van der Waals surface area contributed by atoms with E-state index in [9.17, 15) is 13.2 Å². The molecule has 0 saturated heterocycles. The van der Waals surface area contributed by atoms with E-state index in [4.69, 9.17) is 21.1 Å². The fourth-order valence-corrected chi connectivity index (χ4v) is 5.10. The third-order valence-electron chi connectivity index (χ3n) is 4.36. The minimum absolute atomic E-state index is 0.0580. The zero-order chi connectivity index (χ0) is 24.0. The fourth-order valence-electron chi connectivity index (χ4n) is 2.83. The average Bonchev–Trinajstić information content (AvgIpc) is 3.25. The van der Waals surface area contributed by atoms with Crippen LogP contribution in [0.5, 0.6) is 11.5 Å². The van der Waals surface area contributed by atoms with Crippen LogP contribution in [0.25, 0.3) is 0 Å². The number of aromatic nitrogens is 2. The van der Waals surface area contributed by atoms with E-state index in [0.29, 0.717) is 40.9 Å². The third-order valence-corrected chi connectivity index (χ3v) is 7.36. The summed E-state index contributed by atoms with van der Waals surface area (Å²) in [4.78, 5) is 12.3. The summed E-state index contributed by atoms with van der Waals surface area (Å²) < 4.78 is 39.1. The quantitative estimate of drug-likeness (QED) is 0.390. The van der Waals surface area contributed by atoms with Crippen LogP contribution in [-0.4, -0.2) is 37.7 Å². The number of carbonyl (C=O) groups is 1. The molecule has 1 aromatic heterocycles. The highest BCUT2D eigenvalue weighted by Crippen LogP contribution is 2.31. The van der Waals surface area contributed by atoms with Gasteiger partial charge < -0.3 is 9.47 Å². The van der Waals surface area contributed by atoms with Gasteiger partial charge in [-0.3, -0.25) is 10.1 Å². The first kappa shape index (κ1) is 24.9. The number of hydrogen-bond acceptors (Lipinski definition) is 8. The van der Waals surface area contributed by atoms with Gasteiger partial charge in [0.2, 0.25) is 9.47 Å². The minimum atomic E-state index is -3.98. The molecule has 0 saturated carbocycles. The molecular formula is C21H23ClN4O5S2. The first-order valence-corrected chi connectivity index (χ1v) is 12.7. The van der Waals surface area contributed by atoms with Crippen LogP contribution in [0.2, 0.25) is 5.02 Å². The lowest BCUT2D eigenvalue weighted by molar-refractivity contribution is 0.102. The number of nitrogens with one attached hydrogen (secondary N) is 2. The molecule has 0 aliphatic heterocycles. The predicted molar refractivity (Wildman–Crippen MR) is 127 cm³/mol.